The summed E-state index contributed by atoms with van der Waals surface area (Å²) in [5, 5.41) is 2.90. The van der Waals surface area contributed by atoms with Crippen LogP contribution in [0.5, 0.6) is 0 Å². The fraction of sp³-hybridized carbons (Fsp3) is 0.333. The predicted octanol–water partition coefficient (Wildman–Crippen LogP) is 1.88. The second kappa shape index (κ2) is 6.41. The van der Waals surface area contributed by atoms with Gasteiger partial charge >= 0.3 is 6.03 Å². The zero-order chi connectivity index (χ0) is 14.5. The summed E-state index contributed by atoms with van der Waals surface area (Å²) in [6.07, 6.45) is 5.04. The zero-order valence-corrected chi connectivity index (χ0v) is 11.6. The predicted molar refractivity (Wildman–Crippen MR) is 76.6 cm³/mol. The molecule has 0 aliphatic carbocycles. The van der Waals surface area contributed by atoms with Crippen LogP contribution in [0.2, 0.25) is 0 Å². The number of nitrogens with one attached hydrogen (secondary N) is 1. The van der Waals surface area contributed by atoms with Crippen LogP contribution in [0.15, 0.2) is 41.3 Å². The smallest absolute Gasteiger partial charge is 0.317 e. The number of nitrogens with zero attached hydrogens (tertiary/aromatic N) is 2. The van der Waals surface area contributed by atoms with Crippen molar-refractivity contribution in [1.29, 1.82) is 0 Å². The van der Waals surface area contributed by atoms with E-state index in [2.05, 4.69) is 10.3 Å². The highest BCUT2D eigenvalue weighted by Crippen LogP contribution is 2.17. The third-order valence-corrected chi connectivity index (χ3v) is 3.38. The average molecular weight is 287 g/mol. The summed E-state index contributed by atoms with van der Waals surface area (Å²) in [6.45, 7) is 2.96. The monoisotopic (exact) mass is 287 g/mol. The molecule has 21 heavy (non-hydrogen) atoms. The largest absolute Gasteiger partial charge is 0.472 e. The third-order valence-electron chi connectivity index (χ3n) is 3.38. The molecule has 6 nitrogen and oxygen atoms in total. The number of hydrogen-bond donors (Lipinski definition) is 1. The van der Waals surface area contributed by atoms with Crippen molar-refractivity contribution < 1.29 is 13.9 Å². The van der Waals surface area contributed by atoms with Gasteiger partial charge in [-0.15, -0.1) is 0 Å². The van der Waals surface area contributed by atoms with Gasteiger partial charge in [0, 0.05) is 31.4 Å². The Hall–Kier alpha value is -2.34. The van der Waals surface area contributed by atoms with Crippen LogP contribution >= 0.6 is 0 Å². The number of carbonyl (C=O) groups is 1. The molecule has 0 saturated carbocycles. The van der Waals surface area contributed by atoms with Gasteiger partial charge < -0.3 is 19.4 Å². The van der Waals surface area contributed by atoms with Gasteiger partial charge in [-0.2, -0.15) is 0 Å². The Morgan fingerprint density at radius 2 is 2.14 bits per heavy atom. The molecule has 2 aromatic rings. The van der Waals surface area contributed by atoms with Gasteiger partial charge in [0.15, 0.2) is 0 Å². The molecule has 1 saturated heterocycles. The van der Waals surface area contributed by atoms with Gasteiger partial charge in [-0.25, -0.2) is 4.79 Å². The molecule has 3 rings (SSSR count). The van der Waals surface area contributed by atoms with Gasteiger partial charge in [0.25, 0.3) is 0 Å². The topological polar surface area (TPSA) is 67.6 Å². The van der Waals surface area contributed by atoms with Crippen molar-refractivity contribution >= 4 is 6.03 Å². The van der Waals surface area contributed by atoms with Crippen LogP contribution in [-0.4, -0.2) is 42.2 Å². The Labute approximate surface area is 122 Å². The van der Waals surface area contributed by atoms with Gasteiger partial charge in [0.1, 0.15) is 0 Å². The highest BCUT2D eigenvalue weighted by atomic mass is 16.5. The lowest BCUT2D eigenvalue weighted by Crippen LogP contribution is -2.45. The molecule has 1 aliphatic heterocycles. The molecule has 0 aromatic carbocycles. The summed E-state index contributed by atoms with van der Waals surface area (Å²) in [6, 6.07) is 5.68. The Balaban J connectivity index is 1.54. The van der Waals surface area contributed by atoms with E-state index in [4.69, 9.17) is 9.15 Å². The molecular formula is C15H17N3O3. The first-order valence-corrected chi connectivity index (χ1v) is 6.91. The van der Waals surface area contributed by atoms with E-state index in [9.17, 15) is 4.79 Å². The van der Waals surface area contributed by atoms with Crippen molar-refractivity contribution in [1.82, 2.24) is 15.2 Å². The van der Waals surface area contributed by atoms with Crippen LogP contribution in [0.3, 0.4) is 0 Å². The van der Waals surface area contributed by atoms with Crippen molar-refractivity contribution in [3.63, 3.8) is 0 Å². The first-order valence-electron chi connectivity index (χ1n) is 6.91. The third kappa shape index (κ3) is 3.41. The summed E-state index contributed by atoms with van der Waals surface area (Å²) in [5.41, 5.74) is 2.76. The molecule has 1 N–H and O–H groups in total. The Bertz CT molecular complexity index is 575. The summed E-state index contributed by atoms with van der Waals surface area (Å²) in [4.78, 5) is 18.1. The molecule has 0 spiro atoms. The molecule has 0 radical (unpaired) electrons. The van der Waals surface area contributed by atoms with Crippen molar-refractivity contribution in [3.05, 3.63) is 42.5 Å². The van der Waals surface area contributed by atoms with Crippen molar-refractivity contribution in [2.75, 3.05) is 26.3 Å². The second-order valence-corrected chi connectivity index (χ2v) is 4.82. The Morgan fingerprint density at radius 3 is 2.81 bits per heavy atom. The number of amides is 2. The Kier molecular flexibility index (Phi) is 4.16. The molecule has 110 valence electrons. The summed E-state index contributed by atoms with van der Waals surface area (Å²) >= 11 is 0. The number of aromatic nitrogens is 1. The molecule has 0 bridgehead atoms. The molecule has 0 atom stereocenters. The van der Waals surface area contributed by atoms with E-state index in [1.54, 1.807) is 23.6 Å². The first-order chi connectivity index (χ1) is 10.3. The van der Waals surface area contributed by atoms with E-state index in [1.807, 2.05) is 18.2 Å². The highest BCUT2D eigenvalue weighted by Gasteiger charge is 2.16. The maximum atomic E-state index is 12.0. The maximum Gasteiger partial charge on any atom is 0.317 e. The van der Waals surface area contributed by atoms with Crippen molar-refractivity contribution in [2.24, 2.45) is 0 Å². The van der Waals surface area contributed by atoms with Gasteiger partial charge in [-0.05, 0) is 17.7 Å². The fourth-order valence-corrected chi connectivity index (χ4v) is 2.17. The Morgan fingerprint density at radius 1 is 1.29 bits per heavy atom. The van der Waals surface area contributed by atoms with E-state index in [1.165, 1.54) is 0 Å². The molecular weight excluding hydrogens is 270 g/mol. The standard InChI is InChI=1S/C15H17N3O3/c19-15(18-4-7-20-8-5-18)17-10-12-1-2-14(16-9-12)13-3-6-21-11-13/h1-3,6,9,11H,4-5,7-8,10H2,(H,17,19). The van der Waals surface area contributed by atoms with Gasteiger partial charge in [-0.3, -0.25) is 4.98 Å². The van der Waals surface area contributed by atoms with E-state index in [-0.39, 0.29) is 6.03 Å². The quantitative estimate of drug-likeness (QED) is 0.936. The summed E-state index contributed by atoms with van der Waals surface area (Å²) < 4.78 is 10.3. The lowest BCUT2D eigenvalue weighted by molar-refractivity contribution is 0.0531. The van der Waals surface area contributed by atoms with Crippen LogP contribution in [0.4, 0.5) is 4.79 Å². The molecule has 1 fully saturated rings. The maximum absolute atomic E-state index is 12.0. The van der Waals surface area contributed by atoms with Crippen molar-refractivity contribution in [2.45, 2.75) is 6.54 Å². The number of hydrogen-bond acceptors (Lipinski definition) is 4. The highest BCUT2D eigenvalue weighted by molar-refractivity contribution is 5.74. The number of morpholine rings is 1. The number of ether oxygens (including phenoxy) is 1. The number of carbonyl (C=O) groups excluding carboxylic acids is 1. The molecule has 6 heteroatoms. The van der Waals surface area contributed by atoms with Crippen LogP contribution in [-0.2, 0) is 11.3 Å². The zero-order valence-electron chi connectivity index (χ0n) is 11.6. The van der Waals surface area contributed by atoms with Gasteiger partial charge in [0.05, 0.1) is 31.4 Å². The number of urea groups is 1. The van der Waals surface area contributed by atoms with Gasteiger partial charge in [-0.1, -0.05) is 6.07 Å². The van der Waals surface area contributed by atoms with Crippen LogP contribution in [0, 0.1) is 0 Å². The van der Waals surface area contributed by atoms with Crippen LogP contribution in [0.25, 0.3) is 11.3 Å². The molecule has 3 heterocycles. The lowest BCUT2D eigenvalue weighted by Gasteiger charge is -2.26. The minimum absolute atomic E-state index is 0.0581. The molecule has 1 aliphatic rings. The summed E-state index contributed by atoms with van der Waals surface area (Å²) in [7, 11) is 0. The van der Waals surface area contributed by atoms with E-state index in [0.717, 1.165) is 16.8 Å². The van der Waals surface area contributed by atoms with Crippen molar-refractivity contribution in [3.8, 4) is 11.3 Å². The van der Waals surface area contributed by atoms with E-state index < -0.39 is 0 Å². The average Bonchev–Trinajstić information content (AvgIpc) is 3.08. The normalized spacial score (nSPS) is 15.0. The van der Waals surface area contributed by atoms with E-state index >= 15 is 0 Å². The molecule has 2 amide bonds. The second-order valence-electron chi connectivity index (χ2n) is 4.82. The SMILES string of the molecule is O=C(NCc1ccc(-c2ccoc2)nc1)N1CCOCC1. The van der Waals surface area contributed by atoms with Crippen LogP contribution in [0.1, 0.15) is 5.56 Å². The minimum atomic E-state index is -0.0581. The number of pyridine rings is 1. The fourth-order valence-electron chi connectivity index (χ4n) is 2.17. The first kappa shape index (κ1) is 13.6. The lowest BCUT2D eigenvalue weighted by atomic mass is 10.2. The number of furan rings is 1. The minimum Gasteiger partial charge on any atom is -0.472 e. The van der Waals surface area contributed by atoms with E-state index in [0.29, 0.717) is 32.8 Å². The molecule has 0 unspecified atom stereocenters. The van der Waals surface area contributed by atoms with Gasteiger partial charge in [0.2, 0.25) is 0 Å². The number of rotatable bonds is 3. The van der Waals surface area contributed by atoms with Crippen LogP contribution < -0.4 is 5.32 Å². The molecule has 2 aromatic heterocycles. The summed E-state index contributed by atoms with van der Waals surface area (Å²) in [5.74, 6) is 0.